The van der Waals surface area contributed by atoms with Crippen molar-refractivity contribution >= 4 is 12.0 Å². The zero-order valence-electron chi connectivity index (χ0n) is 6.29. The molecule has 0 saturated carbocycles. The second-order valence-corrected chi connectivity index (χ2v) is 2.25. The topological polar surface area (TPSA) is 58.6 Å². The molecule has 0 aromatic carbocycles. The van der Waals surface area contributed by atoms with E-state index in [0.29, 0.717) is 13.0 Å². The number of rotatable bonds is 1. The molecule has 1 rings (SSSR count). The quantitative estimate of drug-likeness (QED) is 0.578. The fourth-order valence-corrected chi connectivity index (χ4v) is 0.922. The normalized spacial score (nSPS) is 16.8. The van der Waals surface area contributed by atoms with Gasteiger partial charge >= 0.3 is 6.09 Å². The summed E-state index contributed by atoms with van der Waals surface area (Å²) in [5.74, 6) is -0.0598. The third-order valence-electron chi connectivity index (χ3n) is 1.49. The lowest BCUT2D eigenvalue weighted by Gasteiger charge is -2.14. The average molecular weight is 158 g/mol. The van der Waals surface area contributed by atoms with Crippen LogP contribution in [-0.4, -0.2) is 30.7 Å². The lowest BCUT2D eigenvalue weighted by atomic mass is 10.4. The predicted octanol–water partition coefficient (Wildman–Crippen LogP) is -0.120. The van der Waals surface area contributed by atoms with Crippen molar-refractivity contribution in [1.29, 1.82) is 0 Å². The van der Waals surface area contributed by atoms with Gasteiger partial charge in [-0.15, -0.1) is 0 Å². The van der Waals surface area contributed by atoms with Crippen LogP contribution in [0, 0.1) is 0 Å². The van der Waals surface area contributed by atoms with Crippen molar-refractivity contribution in [2.75, 3.05) is 13.7 Å². The highest BCUT2D eigenvalue weighted by Crippen LogP contribution is 2.05. The summed E-state index contributed by atoms with van der Waals surface area (Å²) >= 11 is 0. The number of hydrogen-bond donors (Lipinski definition) is 1. The molecule has 1 aliphatic rings. The number of hydrazine groups is 1. The minimum absolute atomic E-state index is 0.0598. The Bertz CT molecular complexity index is 181. The third kappa shape index (κ3) is 1.83. The fraction of sp³-hybridized carbons (Fsp3) is 0.667. The summed E-state index contributed by atoms with van der Waals surface area (Å²) in [4.78, 5) is 21.5. The first-order valence-electron chi connectivity index (χ1n) is 3.39. The highest BCUT2D eigenvalue weighted by Gasteiger charge is 2.21. The van der Waals surface area contributed by atoms with Gasteiger partial charge in [-0.2, -0.15) is 0 Å². The van der Waals surface area contributed by atoms with Crippen LogP contribution in [0.5, 0.6) is 0 Å². The number of carbonyl (C=O) groups is 2. The Balaban J connectivity index is 2.36. The lowest BCUT2D eigenvalue weighted by Crippen LogP contribution is -2.42. The molecule has 0 unspecified atom stereocenters. The van der Waals surface area contributed by atoms with Gasteiger partial charge in [0.1, 0.15) is 0 Å². The minimum Gasteiger partial charge on any atom is -0.452 e. The van der Waals surface area contributed by atoms with Gasteiger partial charge < -0.3 is 4.74 Å². The molecule has 0 radical (unpaired) electrons. The summed E-state index contributed by atoms with van der Waals surface area (Å²) in [6, 6.07) is 0. The first kappa shape index (κ1) is 7.84. The average Bonchev–Trinajstić information content (AvgIpc) is 2.37. The van der Waals surface area contributed by atoms with Gasteiger partial charge in [0.25, 0.3) is 0 Å². The zero-order chi connectivity index (χ0) is 8.27. The van der Waals surface area contributed by atoms with Crippen LogP contribution in [0.15, 0.2) is 0 Å². The summed E-state index contributed by atoms with van der Waals surface area (Å²) in [5.41, 5.74) is 2.30. The van der Waals surface area contributed by atoms with Gasteiger partial charge in [0.05, 0.1) is 7.11 Å². The van der Waals surface area contributed by atoms with Crippen LogP contribution in [-0.2, 0) is 9.53 Å². The zero-order valence-corrected chi connectivity index (χ0v) is 6.29. The van der Waals surface area contributed by atoms with Crippen LogP contribution in [0.25, 0.3) is 0 Å². The van der Waals surface area contributed by atoms with Gasteiger partial charge in [0.2, 0.25) is 5.91 Å². The van der Waals surface area contributed by atoms with Crippen LogP contribution in [0.1, 0.15) is 12.8 Å². The van der Waals surface area contributed by atoms with Gasteiger partial charge in [0.15, 0.2) is 0 Å². The predicted molar refractivity (Wildman–Crippen MR) is 36.5 cm³/mol. The molecule has 1 fully saturated rings. The maximum atomic E-state index is 10.9. The van der Waals surface area contributed by atoms with Crippen molar-refractivity contribution in [2.24, 2.45) is 0 Å². The summed E-state index contributed by atoms with van der Waals surface area (Å²) in [7, 11) is 1.26. The van der Waals surface area contributed by atoms with Crippen molar-refractivity contribution < 1.29 is 14.3 Å². The maximum Gasteiger partial charge on any atom is 0.425 e. The molecule has 0 aromatic heterocycles. The molecule has 0 spiro atoms. The molecule has 1 aliphatic heterocycles. The molecular weight excluding hydrogens is 148 g/mol. The SMILES string of the molecule is COC(=O)NN1CCCC1=O. The number of ether oxygens (including phenoxy) is 1. The first-order valence-corrected chi connectivity index (χ1v) is 3.39. The molecule has 0 atom stereocenters. The molecular formula is C6H10N2O3. The molecule has 5 nitrogen and oxygen atoms in total. The molecule has 1 heterocycles. The fourth-order valence-electron chi connectivity index (χ4n) is 0.922. The lowest BCUT2D eigenvalue weighted by molar-refractivity contribution is -0.129. The van der Waals surface area contributed by atoms with E-state index in [9.17, 15) is 9.59 Å². The van der Waals surface area contributed by atoms with Crippen molar-refractivity contribution in [1.82, 2.24) is 10.4 Å². The summed E-state index contributed by atoms with van der Waals surface area (Å²) in [5, 5.41) is 1.27. The Kier molecular flexibility index (Phi) is 2.30. The highest BCUT2D eigenvalue weighted by atomic mass is 16.5. The van der Waals surface area contributed by atoms with Gasteiger partial charge in [0, 0.05) is 13.0 Å². The molecule has 1 N–H and O–H groups in total. The van der Waals surface area contributed by atoms with Crippen molar-refractivity contribution in [2.45, 2.75) is 12.8 Å². The summed E-state index contributed by atoms with van der Waals surface area (Å²) < 4.78 is 4.32. The van der Waals surface area contributed by atoms with Crippen LogP contribution >= 0.6 is 0 Å². The van der Waals surface area contributed by atoms with Gasteiger partial charge in [-0.3, -0.25) is 9.80 Å². The summed E-state index contributed by atoms with van der Waals surface area (Å²) in [6.07, 6.45) is 0.701. The molecule has 2 amide bonds. The van der Waals surface area contributed by atoms with E-state index in [-0.39, 0.29) is 5.91 Å². The number of hydrogen-bond acceptors (Lipinski definition) is 3. The van der Waals surface area contributed by atoms with Crippen LogP contribution in [0.4, 0.5) is 4.79 Å². The number of methoxy groups -OCH3 is 1. The van der Waals surface area contributed by atoms with Crippen molar-refractivity contribution in [3.8, 4) is 0 Å². The van der Waals surface area contributed by atoms with Crippen LogP contribution in [0.3, 0.4) is 0 Å². The first-order chi connectivity index (χ1) is 5.24. The van der Waals surface area contributed by atoms with E-state index in [1.54, 1.807) is 0 Å². The molecule has 1 saturated heterocycles. The van der Waals surface area contributed by atoms with Crippen molar-refractivity contribution in [3.63, 3.8) is 0 Å². The number of nitrogens with zero attached hydrogens (tertiary/aromatic N) is 1. The Morgan fingerprint density at radius 2 is 2.45 bits per heavy atom. The second kappa shape index (κ2) is 3.23. The van der Waals surface area contributed by atoms with E-state index >= 15 is 0 Å². The highest BCUT2D eigenvalue weighted by molar-refractivity contribution is 5.80. The number of nitrogens with one attached hydrogen (secondary N) is 1. The van der Waals surface area contributed by atoms with E-state index in [0.717, 1.165) is 6.42 Å². The molecule has 5 heteroatoms. The minimum atomic E-state index is -0.597. The Labute approximate surface area is 64.3 Å². The standard InChI is InChI=1S/C6H10N2O3/c1-11-6(10)7-8-4-2-3-5(8)9/h2-4H2,1H3,(H,7,10). The van der Waals surface area contributed by atoms with E-state index in [4.69, 9.17) is 0 Å². The Morgan fingerprint density at radius 1 is 1.73 bits per heavy atom. The van der Waals surface area contributed by atoms with Crippen molar-refractivity contribution in [3.05, 3.63) is 0 Å². The van der Waals surface area contributed by atoms with Gasteiger partial charge in [-0.1, -0.05) is 0 Å². The maximum absolute atomic E-state index is 10.9. The van der Waals surface area contributed by atoms with E-state index in [2.05, 4.69) is 10.2 Å². The van der Waals surface area contributed by atoms with E-state index < -0.39 is 6.09 Å². The molecule has 0 aliphatic carbocycles. The third-order valence-corrected chi connectivity index (χ3v) is 1.49. The Hall–Kier alpha value is -1.26. The van der Waals surface area contributed by atoms with E-state index in [1.165, 1.54) is 12.1 Å². The van der Waals surface area contributed by atoms with Gasteiger partial charge in [-0.05, 0) is 6.42 Å². The Morgan fingerprint density at radius 3 is 2.91 bits per heavy atom. The molecule has 62 valence electrons. The van der Waals surface area contributed by atoms with Crippen LogP contribution in [0.2, 0.25) is 0 Å². The summed E-state index contributed by atoms with van der Waals surface area (Å²) in [6.45, 7) is 0.577. The number of amides is 2. The smallest absolute Gasteiger partial charge is 0.425 e. The second-order valence-electron chi connectivity index (χ2n) is 2.25. The molecule has 0 bridgehead atoms. The molecule has 0 aromatic rings. The van der Waals surface area contributed by atoms with E-state index in [1.807, 2.05) is 0 Å². The van der Waals surface area contributed by atoms with Crippen LogP contribution < -0.4 is 5.43 Å². The van der Waals surface area contributed by atoms with Gasteiger partial charge in [-0.25, -0.2) is 10.2 Å². The monoisotopic (exact) mass is 158 g/mol. The molecule has 11 heavy (non-hydrogen) atoms. The largest absolute Gasteiger partial charge is 0.452 e. The number of carbonyl (C=O) groups excluding carboxylic acids is 2.